The molecule has 0 spiro atoms. The average Bonchev–Trinajstić information content (AvgIpc) is 2.65. The first-order valence-corrected chi connectivity index (χ1v) is 6.08. The maximum absolute atomic E-state index is 11.9. The van der Waals surface area contributed by atoms with Gasteiger partial charge in [0.15, 0.2) is 5.58 Å². The third kappa shape index (κ3) is 2.18. The van der Waals surface area contributed by atoms with Crippen LogP contribution in [0.25, 0.3) is 11.1 Å². The normalized spacial score (nSPS) is 16.7. The van der Waals surface area contributed by atoms with Gasteiger partial charge in [-0.05, 0) is 50.6 Å². The van der Waals surface area contributed by atoms with Crippen molar-refractivity contribution in [3.8, 4) is 0 Å². The van der Waals surface area contributed by atoms with Gasteiger partial charge in [0.05, 0.1) is 5.52 Å². The maximum atomic E-state index is 11.9. The Kier molecular flexibility index (Phi) is 3.78. The number of benzene rings is 1. The number of nitrogens with one attached hydrogen (secondary N) is 1. The second kappa shape index (κ2) is 5.16. The summed E-state index contributed by atoms with van der Waals surface area (Å²) in [6.07, 6.45) is 1.98. The maximum Gasteiger partial charge on any atom is 0.420 e. The predicted molar refractivity (Wildman–Crippen MR) is 73.6 cm³/mol. The van der Waals surface area contributed by atoms with E-state index in [2.05, 4.69) is 5.32 Å². The number of piperidine rings is 1. The van der Waals surface area contributed by atoms with Crippen LogP contribution >= 0.6 is 12.4 Å². The molecule has 1 saturated heterocycles. The van der Waals surface area contributed by atoms with Crippen molar-refractivity contribution in [2.75, 3.05) is 13.1 Å². The van der Waals surface area contributed by atoms with Gasteiger partial charge in [0.2, 0.25) is 0 Å². The third-order valence-corrected chi connectivity index (χ3v) is 3.44. The zero-order valence-electron chi connectivity index (χ0n) is 10.3. The molecule has 0 radical (unpaired) electrons. The smallest absolute Gasteiger partial charge is 0.408 e. The van der Waals surface area contributed by atoms with E-state index in [9.17, 15) is 4.79 Å². The Bertz CT molecular complexity index is 597. The Morgan fingerprint density at radius 1 is 1.33 bits per heavy atom. The van der Waals surface area contributed by atoms with Gasteiger partial charge in [-0.3, -0.25) is 4.57 Å². The summed E-state index contributed by atoms with van der Waals surface area (Å²) >= 11 is 0. The lowest BCUT2D eigenvalue weighted by atomic mass is 10.1. The number of halogens is 1. The first kappa shape index (κ1) is 13.2. The number of aromatic nitrogens is 1. The van der Waals surface area contributed by atoms with Crippen molar-refractivity contribution >= 4 is 23.5 Å². The first-order valence-electron chi connectivity index (χ1n) is 6.08. The van der Waals surface area contributed by atoms with Gasteiger partial charge in [-0.1, -0.05) is 6.07 Å². The fraction of sp³-hybridized carbons (Fsp3) is 0.462. The van der Waals surface area contributed by atoms with Gasteiger partial charge in [-0.25, -0.2) is 4.79 Å². The summed E-state index contributed by atoms with van der Waals surface area (Å²) in [7, 11) is 0. The molecular weight excluding hydrogens is 252 g/mol. The van der Waals surface area contributed by atoms with Crippen LogP contribution in [-0.2, 0) is 0 Å². The molecule has 0 amide bonds. The van der Waals surface area contributed by atoms with E-state index in [1.54, 1.807) is 0 Å². The highest BCUT2D eigenvalue weighted by Gasteiger charge is 2.20. The van der Waals surface area contributed by atoms with Crippen LogP contribution < -0.4 is 11.1 Å². The molecule has 4 nitrogen and oxygen atoms in total. The Morgan fingerprint density at radius 2 is 2.06 bits per heavy atom. The number of hydrogen-bond donors (Lipinski definition) is 1. The van der Waals surface area contributed by atoms with Gasteiger partial charge < -0.3 is 9.73 Å². The van der Waals surface area contributed by atoms with E-state index < -0.39 is 0 Å². The summed E-state index contributed by atoms with van der Waals surface area (Å²) in [4.78, 5) is 11.9. The summed E-state index contributed by atoms with van der Waals surface area (Å²) in [5.74, 6) is -0.225. The molecule has 1 N–H and O–H groups in total. The molecule has 0 bridgehead atoms. The first-order chi connectivity index (χ1) is 8.25. The largest absolute Gasteiger partial charge is 0.420 e. The van der Waals surface area contributed by atoms with Crippen LogP contribution in [0.3, 0.4) is 0 Å². The topological polar surface area (TPSA) is 47.2 Å². The zero-order chi connectivity index (χ0) is 11.8. The highest BCUT2D eigenvalue weighted by atomic mass is 35.5. The van der Waals surface area contributed by atoms with E-state index in [1.165, 1.54) is 0 Å². The van der Waals surface area contributed by atoms with Crippen molar-refractivity contribution in [3.63, 3.8) is 0 Å². The molecule has 1 aromatic heterocycles. The average molecular weight is 269 g/mol. The standard InChI is InChI=1S/C13H16N2O2.ClH/c1-9-2-3-11-12(8-9)17-13(16)15(11)10-4-6-14-7-5-10;/h2-3,8,10,14H,4-7H2,1H3;1H. The van der Waals surface area contributed by atoms with Gasteiger partial charge >= 0.3 is 5.76 Å². The number of fused-ring (bicyclic) bond motifs is 1. The lowest BCUT2D eigenvalue weighted by Gasteiger charge is -2.23. The van der Waals surface area contributed by atoms with Gasteiger partial charge in [0.1, 0.15) is 0 Å². The van der Waals surface area contributed by atoms with E-state index in [-0.39, 0.29) is 24.2 Å². The van der Waals surface area contributed by atoms with Crippen molar-refractivity contribution < 1.29 is 4.42 Å². The summed E-state index contributed by atoms with van der Waals surface area (Å²) in [5.41, 5.74) is 2.74. The minimum atomic E-state index is -0.225. The van der Waals surface area contributed by atoms with Crippen LogP contribution in [-0.4, -0.2) is 17.7 Å². The number of nitrogens with zero attached hydrogens (tertiary/aromatic N) is 1. The van der Waals surface area contributed by atoms with E-state index in [1.807, 2.05) is 29.7 Å². The predicted octanol–water partition coefficient (Wildman–Crippen LogP) is 2.25. The Balaban J connectivity index is 0.00000120. The molecule has 1 aliphatic rings. The summed E-state index contributed by atoms with van der Waals surface area (Å²) in [5, 5.41) is 3.31. The fourth-order valence-electron chi connectivity index (χ4n) is 2.55. The second-order valence-corrected chi connectivity index (χ2v) is 4.69. The van der Waals surface area contributed by atoms with E-state index in [4.69, 9.17) is 4.42 Å². The van der Waals surface area contributed by atoms with Crippen molar-refractivity contribution in [3.05, 3.63) is 34.3 Å². The van der Waals surface area contributed by atoms with Crippen molar-refractivity contribution in [2.45, 2.75) is 25.8 Å². The number of oxazole rings is 1. The number of rotatable bonds is 1. The van der Waals surface area contributed by atoms with Gasteiger partial charge in [0.25, 0.3) is 0 Å². The molecule has 0 saturated carbocycles. The molecular formula is C13H17ClN2O2. The summed E-state index contributed by atoms with van der Waals surface area (Å²) in [6.45, 7) is 3.94. The zero-order valence-corrected chi connectivity index (χ0v) is 11.1. The molecule has 18 heavy (non-hydrogen) atoms. The lowest BCUT2D eigenvalue weighted by molar-refractivity contribution is 0.349. The second-order valence-electron chi connectivity index (χ2n) is 4.69. The van der Waals surface area contributed by atoms with Crippen molar-refractivity contribution in [1.82, 2.24) is 9.88 Å². The number of aryl methyl sites for hydroxylation is 1. The fourth-order valence-corrected chi connectivity index (χ4v) is 2.55. The number of hydrogen-bond acceptors (Lipinski definition) is 3. The van der Waals surface area contributed by atoms with Crippen LogP contribution in [0.15, 0.2) is 27.4 Å². The van der Waals surface area contributed by atoms with Crippen molar-refractivity contribution in [1.29, 1.82) is 0 Å². The highest BCUT2D eigenvalue weighted by Crippen LogP contribution is 2.23. The monoisotopic (exact) mass is 268 g/mol. The van der Waals surface area contributed by atoms with Crippen molar-refractivity contribution in [2.24, 2.45) is 0 Å². The summed E-state index contributed by atoms with van der Waals surface area (Å²) < 4.78 is 7.14. The van der Waals surface area contributed by atoms with Crippen LogP contribution in [0.1, 0.15) is 24.4 Å². The minimum Gasteiger partial charge on any atom is -0.408 e. The quantitative estimate of drug-likeness (QED) is 0.863. The van der Waals surface area contributed by atoms with E-state index in [0.717, 1.165) is 37.0 Å². The molecule has 1 fully saturated rings. The van der Waals surface area contributed by atoms with E-state index >= 15 is 0 Å². The highest BCUT2D eigenvalue weighted by molar-refractivity contribution is 5.85. The minimum absolute atomic E-state index is 0. The van der Waals surface area contributed by atoms with Gasteiger partial charge in [0, 0.05) is 6.04 Å². The van der Waals surface area contributed by atoms with Gasteiger partial charge in [-0.15, -0.1) is 12.4 Å². The van der Waals surface area contributed by atoms with Gasteiger partial charge in [-0.2, -0.15) is 0 Å². The molecule has 0 unspecified atom stereocenters. The third-order valence-electron chi connectivity index (χ3n) is 3.44. The Labute approximate surface area is 111 Å². The lowest BCUT2D eigenvalue weighted by Crippen LogP contribution is -2.32. The molecule has 1 aliphatic heterocycles. The molecule has 0 aliphatic carbocycles. The van der Waals surface area contributed by atoms with Crippen LogP contribution in [0.4, 0.5) is 0 Å². The van der Waals surface area contributed by atoms with Crippen LogP contribution in [0.2, 0.25) is 0 Å². The molecule has 98 valence electrons. The van der Waals surface area contributed by atoms with Crippen LogP contribution in [0, 0.1) is 6.92 Å². The van der Waals surface area contributed by atoms with E-state index in [0.29, 0.717) is 5.58 Å². The summed E-state index contributed by atoms with van der Waals surface area (Å²) in [6, 6.07) is 6.20. The molecule has 2 aromatic rings. The Morgan fingerprint density at radius 3 is 2.78 bits per heavy atom. The molecule has 5 heteroatoms. The van der Waals surface area contributed by atoms with Crippen LogP contribution in [0.5, 0.6) is 0 Å². The SMILES string of the molecule is Cc1ccc2c(c1)oc(=O)n2C1CCNCC1.Cl. The molecule has 3 rings (SSSR count). The Hall–Kier alpha value is -1.26. The molecule has 0 atom stereocenters. The molecule has 2 heterocycles. The molecule has 1 aromatic carbocycles.